The van der Waals surface area contributed by atoms with Crippen molar-refractivity contribution in [3.05, 3.63) is 25.1 Å². The van der Waals surface area contributed by atoms with E-state index in [2.05, 4.69) is 0 Å². The van der Waals surface area contributed by atoms with Gasteiger partial charge in [0.15, 0.2) is 5.75 Å². The molecule has 0 unspecified atom stereocenters. The summed E-state index contributed by atoms with van der Waals surface area (Å²) < 4.78 is 5.44. The van der Waals surface area contributed by atoms with E-state index in [0.717, 1.165) is 12.8 Å². The van der Waals surface area contributed by atoms with Crippen LogP contribution in [0.5, 0.6) is 5.75 Å². The van der Waals surface area contributed by atoms with Crippen LogP contribution in [0.3, 0.4) is 0 Å². The summed E-state index contributed by atoms with van der Waals surface area (Å²) in [6.07, 6.45) is 1.64. The van der Waals surface area contributed by atoms with E-state index in [4.69, 9.17) is 68.5 Å². The van der Waals surface area contributed by atoms with Crippen molar-refractivity contribution in [2.24, 2.45) is 5.73 Å². The van der Waals surface area contributed by atoms with Crippen LogP contribution in [0.2, 0.25) is 25.1 Å². The molecule has 1 rings (SSSR count). The lowest BCUT2D eigenvalue weighted by Crippen LogP contribution is -2.04. The Kier molecular flexibility index (Phi) is 6.49. The quantitative estimate of drug-likeness (QED) is 0.462. The molecule has 0 amide bonds. The maximum Gasteiger partial charge on any atom is 0.159 e. The Hall–Kier alpha value is 0.430. The molecule has 0 saturated carbocycles. The topological polar surface area (TPSA) is 35.2 Å². The molecular formula is C10H10Cl5NO. The number of nitrogens with two attached hydrogens (primary N) is 1. The van der Waals surface area contributed by atoms with Crippen LogP contribution in [-0.2, 0) is 0 Å². The molecule has 0 spiro atoms. The molecule has 7 heteroatoms. The molecule has 0 heterocycles. The average molecular weight is 337 g/mol. The Balaban J connectivity index is 2.92. The predicted molar refractivity (Wildman–Crippen MR) is 75.3 cm³/mol. The van der Waals surface area contributed by atoms with Crippen LogP contribution in [-0.4, -0.2) is 13.2 Å². The number of rotatable bonds is 5. The van der Waals surface area contributed by atoms with Crippen LogP contribution in [0.15, 0.2) is 0 Å². The molecule has 96 valence electrons. The van der Waals surface area contributed by atoms with E-state index in [1.807, 2.05) is 0 Å². The Morgan fingerprint density at radius 1 is 0.765 bits per heavy atom. The van der Waals surface area contributed by atoms with Gasteiger partial charge in [0.1, 0.15) is 10.0 Å². The maximum atomic E-state index is 5.98. The third-order valence-corrected chi connectivity index (χ3v) is 4.26. The second-order valence-electron chi connectivity index (χ2n) is 3.24. The van der Waals surface area contributed by atoms with Gasteiger partial charge in [0.2, 0.25) is 0 Å². The van der Waals surface area contributed by atoms with Gasteiger partial charge < -0.3 is 10.5 Å². The maximum absolute atomic E-state index is 5.98. The highest BCUT2D eigenvalue weighted by molar-refractivity contribution is 6.55. The lowest BCUT2D eigenvalue weighted by molar-refractivity contribution is 0.308. The molecule has 0 radical (unpaired) electrons. The number of hydrogen-bond acceptors (Lipinski definition) is 2. The van der Waals surface area contributed by atoms with Crippen molar-refractivity contribution in [1.82, 2.24) is 0 Å². The standard InChI is InChI=1S/C10H10Cl5NO/c11-5-6(12)8(14)10(9(15)7(5)13)17-4-2-1-3-16/h1-4,16H2. The zero-order valence-corrected chi connectivity index (χ0v) is 12.5. The molecule has 0 saturated heterocycles. The number of halogens is 5. The molecule has 0 aliphatic rings. The zero-order valence-electron chi connectivity index (χ0n) is 8.70. The van der Waals surface area contributed by atoms with Crippen LogP contribution < -0.4 is 10.5 Å². The third kappa shape index (κ3) is 3.69. The van der Waals surface area contributed by atoms with Gasteiger partial charge >= 0.3 is 0 Å². The minimum absolute atomic E-state index is 0.123. The van der Waals surface area contributed by atoms with Crippen molar-refractivity contribution < 1.29 is 4.74 Å². The molecule has 2 nitrogen and oxygen atoms in total. The summed E-state index contributed by atoms with van der Waals surface area (Å²) in [5.74, 6) is 0.254. The minimum atomic E-state index is 0.123. The van der Waals surface area contributed by atoms with Crippen molar-refractivity contribution in [2.75, 3.05) is 13.2 Å². The van der Waals surface area contributed by atoms with Crippen LogP contribution in [0.25, 0.3) is 0 Å². The first-order valence-electron chi connectivity index (χ1n) is 4.85. The van der Waals surface area contributed by atoms with Gasteiger partial charge in [-0.15, -0.1) is 0 Å². The molecular weight excluding hydrogens is 327 g/mol. The molecule has 2 N–H and O–H groups in total. The van der Waals surface area contributed by atoms with E-state index in [1.165, 1.54) is 0 Å². The molecule has 1 aromatic carbocycles. The Bertz CT molecular complexity index is 381. The summed E-state index contributed by atoms with van der Waals surface area (Å²) >= 11 is 29.6. The molecule has 1 aromatic rings. The monoisotopic (exact) mass is 335 g/mol. The first kappa shape index (κ1) is 15.5. The van der Waals surface area contributed by atoms with E-state index in [-0.39, 0.29) is 30.9 Å². The van der Waals surface area contributed by atoms with E-state index < -0.39 is 0 Å². The molecule has 0 bridgehead atoms. The van der Waals surface area contributed by atoms with Crippen molar-refractivity contribution in [2.45, 2.75) is 12.8 Å². The van der Waals surface area contributed by atoms with Crippen molar-refractivity contribution in [3.8, 4) is 5.75 Å². The molecule has 0 aliphatic heterocycles. The van der Waals surface area contributed by atoms with E-state index >= 15 is 0 Å². The highest BCUT2D eigenvalue weighted by Crippen LogP contribution is 2.48. The Labute approximate surface area is 125 Å². The molecule has 0 aliphatic carbocycles. The van der Waals surface area contributed by atoms with Crippen LogP contribution in [0, 0.1) is 0 Å². The predicted octanol–water partition coefficient (Wildman–Crippen LogP) is 5.07. The molecule has 0 fully saturated rings. The fraction of sp³-hybridized carbons (Fsp3) is 0.400. The van der Waals surface area contributed by atoms with E-state index in [0.29, 0.717) is 13.2 Å². The number of ether oxygens (including phenoxy) is 1. The first-order chi connectivity index (χ1) is 8.00. The summed E-state index contributed by atoms with van der Waals surface area (Å²) in [6, 6.07) is 0. The minimum Gasteiger partial charge on any atom is -0.490 e. The summed E-state index contributed by atoms with van der Waals surface area (Å²) in [7, 11) is 0. The van der Waals surface area contributed by atoms with Crippen LogP contribution in [0.1, 0.15) is 12.8 Å². The molecule has 17 heavy (non-hydrogen) atoms. The second-order valence-corrected chi connectivity index (χ2v) is 5.13. The van der Waals surface area contributed by atoms with Crippen molar-refractivity contribution in [1.29, 1.82) is 0 Å². The van der Waals surface area contributed by atoms with Crippen molar-refractivity contribution >= 4 is 58.0 Å². The highest BCUT2D eigenvalue weighted by Gasteiger charge is 2.20. The largest absolute Gasteiger partial charge is 0.490 e. The lowest BCUT2D eigenvalue weighted by Gasteiger charge is -2.13. The van der Waals surface area contributed by atoms with Gasteiger partial charge in [0.05, 0.1) is 21.7 Å². The number of hydrogen-bond donors (Lipinski definition) is 1. The highest BCUT2D eigenvalue weighted by atomic mass is 35.5. The molecule has 0 aromatic heterocycles. The number of benzene rings is 1. The fourth-order valence-corrected chi connectivity index (χ4v) is 2.36. The Morgan fingerprint density at radius 2 is 1.24 bits per heavy atom. The summed E-state index contributed by atoms with van der Waals surface area (Å²) in [5.41, 5.74) is 5.37. The van der Waals surface area contributed by atoms with E-state index in [1.54, 1.807) is 0 Å². The van der Waals surface area contributed by atoms with Crippen LogP contribution in [0.4, 0.5) is 0 Å². The van der Waals surface area contributed by atoms with Gasteiger partial charge in [-0.1, -0.05) is 58.0 Å². The van der Waals surface area contributed by atoms with Gasteiger partial charge in [0, 0.05) is 0 Å². The zero-order chi connectivity index (χ0) is 13.0. The van der Waals surface area contributed by atoms with Gasteiger partial charge in [-0.2, -0.15) is 0 Å². The smallest absolute Gasteiger partial charge is 0.159 e. The van der Waals surface area contributed by atoms with Crippen LogP contribution >= 0.6 is 58.0 Å². The first-order valence-corrected chi connectivity index (χ1v) is 6.74. The Morgan fingerprint density at radius 3 is 1.71 bits per heavy atom. The summed E-state index contributed by atoms with van der Waals surface area (Å²) in [6.45, 7) is 1.04. The van der Waals surface area contributed by atoms with Gasteiger partial charge in [-0.3, -0.25) is 0 Å². The third-order valence-electron chi connectivity index (χ3n) is 2.01. The molecule has 0 atom stereocenters. The van der Waals surface area contributed by atoms with Gasteiger partial charge in [0.25, 0.3) is 0 Å². The lowest BCUT2D eigenvalue weighted by atomic mass is 10.3. The van der Waals surface area contributed by atoms with E-state index in [9.17, 15) is 0 Å². The summed E-state index contributed by atoms with van der Waals surface area (Å²) in [5, 5.41) is 0.725. The second kappa shape index (κ2) is 7.13. The van der Waals surface area contributed by atoms with Gasteiger partial charge in [-0.25, -0.2) is 0 Å². The average Bonchev–Trinajstić information content (AvgIpc) is 2.33. The normalized spacial score (nSPS) is 10.7. The SMILES string of the molecule is NCCCCOc1c(Cl)c(Cl)c(Cl)c(Cl)c1Cl. The summed E-state index contributed by atoms with van der Waals surface area (Å²) in [4.78, 5) is 0. The fourth-order valence-electron chi connectivity index (χ4n) is 1.13. The number of unbranched alkanes of at least 4 members (excludes halogenated alkanes) is 1. The van der Waals surface area contributed by atoms with Gasteiger partial charge in [-0.05, 0) is 19.4 Å². The van der Waals surface area contributed by atoms with Crippen molar-refractivity contribution in [3.63, 3.8) is 0 Å².